The summed E-state index contributed by atoms with van der Waals surface area (Å²) in [6.07, 6.45) is 4.27. The van der Waals surface area contributed by atoms with Gasteiger partial charge >= 0.3 is 0 Å². The van der Waals surface area contributed by atoms with Crippen molar-refractivity contribution in [1.29, 1.82) is 0 Å². The van der Waals surface area contributed by atoms with Crippen molar-refractivity contribution in [2.45, 2.75) is 37.6 Å². The average Bonchev–Trinajstić information content (AvgIpc) is 2.53. The van der Waals surface area contributed by atoms with Gasteiger partial charge in [0.05, 0.1) is 7.11 Å². The minimum absolute atomic E-state index is 0.0563. The summed E-state index contributed by atoms with van der Waals surface area (Å²) in [5, 5.41) is 10.8. The molecular formula is C19H23NO3. The van der Waals surface area contributed by atoms with E-state index in [2.05, 4.69) is 18.0 Å². The first-order valence-corrected chi connectivity index (χ1v) is 8.29. The summed E-state index contributed by atoms with van der Waals surface area (Å²) in [5.74, 6) is 1.15. The third-order valence-corrected chi connectivity index (χ3v) is 6.22. The highest BCUT2D eigenvalue weighted by Gasteiger charge is 2.56. The Morgan fingerprint density at radius 2 is 2.17 bits per heavy atom. The number of benzene rings is 1. The molecule has 1 unspecified atom stereocenters. The number of piperidine rings is 1. The number of hydrogen-bond acceptors (Lipinski definition) is 4. The minimum Gasteiger partial charge on any atom is -0.507 e. The molecule has 122 valence electrons. The number of allylic oxidation sites excluding steroid dienone is 1. The van der Waals surface area contributed by atoms with Crippen LogP contribution < -0.4 is 0 Å². The van der Waals surface area contributed by atoms with Crippen molar-refractivity contribution < 1.29 is 14.6 Å². The molecule has 1 N–H and O–H groups in total. The predicted molar refractivity (Wildman–Crippen MR) is 87.5 cm³/mol. The van der Waals surface area contributed by atoms with Gasteiger partial charge in [-0.25, -0.2) is 0 Å². The summed E-state index contributed by atoms with van der Waals surface area (Å²) in [7, 11) is 3.73. The van der Waals surface area contributed by atoms with Gasteiger partial charge in [-0.3, -0.25) is 4.79 Å². The number of aromatic hydroxyl groups is 1. The van der Waals surface area contributed by atoms with Gasteiger partial charge in [0.2, 0.25) is 0 Å². The van der Waals surface area contributed by atoms with Crippen molar-refractivity contribution in [2.75, 3.05) is 20.7 Å². The van der Waals surface area contributed by atoms with E-state index in [4.69, 9.17) is 4.74 Å². The molecule has 1 heterocycles. The Bertz CT molecular complexity index is 724. The van der Waals surface area contributed by atoms with E-state index in [0.29, 0.717) is 24.0 Å². The Morgan fingerprint density at radius 1 is 1.39 bits per heavy atom. The third kappa shape index (κ3) is 1.84. The van der Waals surface area contributed by atoms with Gasteiger partial charge in [-0.1, -0.05) is 12.1 Å². The molecule has 1 saturated heterocycles. The van der Waals surface area contributed by atoms with Gasteiger partial charge in [0.15, 0.2) is 11.5 Å². The van der Waals surface area contributed by atoms with Crippen LogP contribution >= 0.6 is 0 Å². The number of likely N-dealkylation sites (tertiary alicyclic amines) is 1. The number of hydrogen-bond donors (Lipinski definition) is 1. The molecule has 23 heavy (non-hydrogen) atoms. The lowest BCUT2D eigenvalue weighted by atomic mass is 9.53. The fraction of sp³-hybridized carbons (Fsp3) is 0.526. The Morgan fingerprint density at radius 3 is 2.91 bits per heavy atom. The molecule has 4 nitrogen and oxygen atoms in total. The lowest BCUT2D eigenvalue weighted by Gasteiger charge is -2.56. The maximum absolute atomic E-state index is 12.6. The number of aryl methyl sites for hydroxylation is 1. The van der Waals surface area contributed by atoms with Gasteiger partial charge in [-0.2, -0.15) is 0 Å². The molecule has 2 bridgehead atoms. The second-order valence-corrected chi connectivity index (χ2v) is 7.28. The fourth-order valence-electron chi connectivity index (χ4n) is 4.99. The number of rotatable bonds is 1. The highest BCUT2D eigenvalue weighted by molar-refractivity contribution is 5.96. The number of nitrogens with zero attached hydrogens (tertiary/aromatic N) is 1. The van der Waals surface area contributed by atoms with Crippen LogP contribution in [-0.4, -0.2) is 42.5 Å². The quantitative estimate of drug-likeness (QED) is 0.864. The second kappa shape index (κ2) is 4.84. The fourth-order valence-corrected chi connectivity index (χ4v) is 4.99. The highest BCUT2D eigenvalue weighted by Crippen LogP contribution is 2.56. The number of fused-ring (bicyclic) bond motifs is 1. The van der Waals surface area contributed by atoms with Crippen molar-refractivity contribution in [3.63, 3.8) is 0 Å². The van der Waals surface area contributed by atoms with E-state index in [-0.39, 0.29) is 17.1 Å². The number of Topliss-reactive ketones (excluding diaryl/α,β-unsaturated/α-hetero) is 1. The maximum atomic E-state index is 12.6. The van der Waals surface area contributed by atoms with Gasteiger partial charge in [-0.15, -0.1) is 0 Å². The van der Waals surface area contributed by atoms with Crippen LogP contribution in [0.5, 0.6) is 5.75 Å². The molecule has 0 aromatic heterocycles. The van der Waals surface area contributed by atoms with Crippen LogP contribution in [0.1, 0.15) is 29.5 Å². The number of phenolic OH excluding ortho intramolecular Hbond substituents is 1. The standard InChI is InChI=1S/C19H23NO3/c1-11-4-5-12-8-14-13-9-16(23-3)15(21)10-19(13,6-7-20(14)2)17(12)18(11)22/h4-5,9,13-14,22H,6-8,10H2,1-3H3/t13-,14+,19?/m1/s1. The number of carbonyl (C=O) groups excluding carboxylic acids is 1. The molecule has 1 aromatic carbocycles. The van der Waals surface area contributed by atoms with Crippen LogP contribution in [0.15, 0.2) is 24.0 Å². The molecule has 0 saturated carbocycles. The summed E-state index contributed by atoms with van der Waals surface area (Å²) in [6.45, 7) is 2.89. The molecule has 0 radical (unpaired) electrons. The van der Waals surface area contributed by atoms with E-state index in [1.165, 1.54) is 5.56 Å². The first-order valence-electron chi connectivity index (χ1n) is 8.29. The molecule has 0 spiro atoms. The molecule has 4 heteroatoms. The number of ether oxygens (including phenoxy) is 1. The molecule has 4 rings (SSSR count). The van der Waals surface area contributed by atoms with Crippen LogP contribution in [0.2, 0.25) is 0 Å². The number of likely N-dealkylation sites (N-methyl/N-ethyl adjacent to an activating group) is 1. The molecule has 1 fully saturated rings. The molecular weight excluding hydrogens is 290 g/mol. The smallest absolute Gasteiger partial charge is 0.197 e. The average molecular weight is 313 g/mol. The molecule has 0 amide bonds. The van der Waals surface area contributed by atoms with Crippen LogP contribution in [0, 0.1) is 12.8 Å². The van der Waals surface area contributed by atoms with Crippen molar-refractivity contribution >= 4 is 5.78 Å². The lowest BCUT2D eigenvalue weighted by molar-refractivity contribution is -0.122. The van der Waals surface area contributed by atoms with Gasteiger partial charge in [0, 0.05) is 29.4 Å². The Labute approximate surface area is 136 Å². The third-order valence-electron chi connectivity index (χ3n) is 6.22. The van der Waals surface area contributed by atoms with E-state index in [1.807, 2.05) is 19.1 Å². The number of ketones is 1. The Hall–Kier alpha value is -1.81. The molecule has 1 aliphatic heterocycles. The van der Waals surface area contributed by atoms with Gasteiger partial charge < -0.3 is 14.7 Å². The van der Waals surface area contributed by atoms with E-state index < -0.39 is 0 Å². The van der Waals surface area contributed by atoms with Crippen molar-refractivity contribution in [3.8, 4) is 5.75 Å². The molecule has 3 aliphatic rings. The maximum Gasteiger partial charge on any atom is 0.197 e. The zero-order valence-corrected chi connectivity index (χ0v) is 13.9. The Kier molecular flexibility index (Phi) is 3.11. The normalized spacial score (nSPS) is 32.8. The minimum atomic E-state index is -0.278. The summed E-state index contributed by atoms with van der Waals surface area (Å²) >= 11 is 0. The largest absolute Gasteiger partial charge is 0.507 e. The van der Waals surface area contributed by atoms with E-state index in [9.17, 15) is 9.90 Å². The number of methoxy groups -OCH3 is 1. The van der Waals surface area contributed by atoms with E-state index in [1.54, 1.807) is 7.11 Å². The molecule has 3 atom stereocenters. The molecule has 2 aliphatic carbocycles. The monoisotopic (exact) mass is 313 g/mol. The van der Waals surface area contributed by atoms with Gasteiger partial charge in [-0.05, 0) is 50.6 Å². The second-order valence-electron chi connectivity index (χ2n) is 7.28. The van der Waals surface area contributed by atoms with Crippen LogP contribution in [-0.2, 0) is 21.4 Å². The summed E-state index contributed by atoms with van der Waals surface area (Å²) in [6, 6.07) is 4.48. The topological polar surface area (TPSA) is 49.8 Å². The van der Waals surface area contributed by atoms with E-state index >= 15 is 0 Å². The van der Waals surface area contributed by atoms with E-state index in [0.717, 1.165) is 30.5 Å². The van der Waals surface area contributed by atoms with Crippen LogP contribution in [0.4, 0.5) is 0 Å². The van der Waals surface area contributed by atoms with Crippen molar-refractivity contribution in [2.24, 2.45) is 5.92 Å². The zero-order chi connectivity index (χ0) is 16.4. The van der Waals surface area contributed by atoms with Crippen molar-refractivity contribution in [3.05, 3.63) is 40.7 Å². The number of phenols is 1. The van der Waals surface area contributed by atoms with Crippen LogP contribution in [0.25, 0.3) is 0 Å². The Balaban J connectivity index is 1.98. The highest BCUT2D eigenvalue weighted by atomic mass is 16.5. The summed E-state index contributed by atoms with van der Waals surface area (Å²) < 4.78 is 5.32. The lowest BCUT2D eigenvalue weighted by Crippen LogP contribution is -2.60. The number of carbonyl (C=O) groups is 1. The van der Waals surface area contributed by atoms with Gasteiger partial charge in [0.25, 0.3) is 0 Å². The van der Waals surface area contributed by atoms with Crippen LogP contribution in [0.3, 0.4) is 0 Å². The zero-order valence-electron chi connectivity index (χ0n) is 13.9. The van der Waals surface area contributed by atoms with Crippen molar-refractivity contribution in [1.82, 2.24) is 4.90 Å². The predicted octanol–water partition coefficient (Wildman–Crippen LogP) is 2.32. The summed E-state index contributed by atoms with van der Waals surface area (Å²) in [5.41, 5.74) is 2.83. The summed E-state index contributed by atoms with van der Waals surface area (Å²) in [4.78, 5) is 15.0. The molecule has 1 aromatic rings. The van der Waals surface area contributed by atoms with Gasteiger partial charge in [0.1, 0.15) is 5.75 Å². The first-order chi connectivity index (χ1) is 11.0. The SMILES string of the molecule is COC1=C[C@@H]2[C@@H]3Cc4ccc(C)c(O)c4C2(CCN3C)CC1=O. The first kappa shape index (κ1) is 14.8.